The first-order valence-electron chi connectivity index (χ1n) is 13.0. The van der Waals surface area contributed by atoms with Gasteiger partial charge in [0.15, 0.2) is 0 Å². The summed E-state index contributed by atoms with van der Waals surface area (Å²) >= 11 is 6.33. The van der Waals surface area contributed by atoms with E-state index in [9.17, 15) is 9.90 Å². The third-order valence-electron chi connectivity index (χ3n) is 7.98. The summed E-state index contributed by atoms with van der Waals surface area (Å²) in [5, 5.41) is 18.9. The standard InChI is InChI=1S/C27H44ClN3O2/c1-29-19-25(17-21-9-4-3-5-10-21)31-16-8-12-23(20-31)27(33,15-7-14-26(32)30-2)22-11-6-13-24(28)18-22/h6,11,13,18,21,23,25,29,33H,3-5,7-10,12,14-17,19-20H2,1-2H3,(H,30,32)/t23-,25?,27-/m1/s1. The Kier molecular flexibility index (Phi) is 10.5. The Labute approximate surface area is 205 Å². The SMILES string of the molecule is CNCC(CC1CCCCC1)N1CCC[C@@H]([C@@](O)(CCCC(=O)NC)c2cccc(Cl)c2)C1. The molecule has 1 saturated carbocycles. The molecule has 1 aliphatic heterocycles. The second kappa shape index (κ2) is 13.1. The average molecular weight is 478 g/mol. The summed E-state index contributed by atoms with van der Waals surface area (Å²) in [5.41, 5.74) is -0.0942. The summed E-state index contributed by atoms with van der Waals surface area (Å²) in [5.74, 6) is 0.979. The van der Waals surface area contributed by atoms with E-state index in [-0.39, 0.29) is 11.8 Å². The highest BCUT2D eigenvalue weighted by molar-refractivity contribution is 6.30. The van der Waals surface area contributed by atoms with Gasteiger partial charge < -0.3 is 15.7 Å². The number of aliphatic hydroxyl groups is 1. The first kappa shape index (κ1) is 26.5. The van der Waals surface area contributed by atoms with Crippen LogP contribution in [0.2, 0.25) is 5.02 Å². The highest BCUT2D eigenvalue weighted by atomic mass is 35.5. The number of hydrogen-bond donors (Lipinski definition) is 3. The van der Waals surface area contributed by atoms with Crippen LogP contribution >= 0.6 is 11.6 Å². The largest absolute Gasteiger partial charge is 0.385 e. The van der Waals surface area contributed by atoms with E-state index in [1.807, 2.05) is 24.3 Å². The monoisotopic (exact) mass is 477 g/mol. The van der Waals surface area contributed by atoms with Crippen molar-refractivity contribution < 1.29 is 9.90 Å². The second-order valence-electron chi connectivity index (χ2n) is 10.2. The number of carbonyl (C=O) groups is 1. The number of nitrogens with zero attached hydrogens (tertiary/aromatic N) is 1. The summed E-state index contributed by atoms with van der Waals surface area (Å²) in [6, 6.07) is 8.20. The Morgan fingerprint density at radius 3 is 2.70 bits per heavy atom. The number of nitrogens with one attached hydrogen (secondary N) is 2. The lowest BCUT2D eigenvalue weighted by molar-refractivity contribution is -0.121. The smallest absolute Gasteiger partial charge is 0.219 e. The Bertz CT molecular complexity index is 740. The number of likely N-dealkylation sites (tertiary alicyclic amines) is 1. The molecule has 0 radical (unpaired) electrons. The van der Waals surface area contributed by atoms with E-state index in [2.05, 4.69) is 22.6 Å². The van der Waals surface area contributed by atoms with Crippen LogP contribution in [0.5, 0.6) is 0 Å². The van der Waals surface area contributed by atoms with E-state index in [4.69, 9.17) is 11.6 Å². The minimum atomic E-state index is -0.980. The zero-order valence-corrected chi connectivity index (χ0v) is 21.4. The molecule has 1 aliphatic carbocycles. The van der Waals surface area contributed by atoms with Gasteiger partial charge in [0.2, 0.25) is 5.91 Å². The van der Waals surface area contributed by atoms with Crippen molar-refractivity contribution in [3.63, 3.8) is 0 Å². The van der Waals surface area contributed by atoms with E-state index < -0.39 is 5.60 Å². The zero-order valence-electron chi connectivity index (χ0n) is 20.6. The van der Waals surface area contributed by atoms with Gasteiger partial charge in [0.25, 0.3) is 0 Å². The van der Waals surface area contributed by atoms with Crippen molar-refractivity contribution in [1.29, 1.82) is 0 Å². The van der Waals surface area contributed by atoms with Gasteiger partial charge in [-0.25, -0.2) is 0 Å². The van der Waals surface area contributed by atoms with Crippen LogP contribution in [0.15, 0.2) is 24.3 Å². The number of carbonyl (C=O) groups excluding carboxylic acids is 1. The van der Waals surface area contributed by atoms with Crippen molar-refractivity contribution in [3.8, 4) is 0 Å². The summed E-state index contributed by atoms with van der Waals surface area (Å²) in [6.45, 7) is 2.98. The first-order valence-corrected chi connectivity index (χ1v) is 13.4. The van der Waals surface area contributed by atoms with Gasteiger partial charge in [0, 0.05) is 43.5 Å². The molecule has 2 fully saturated rings. The number of hydrogen-bond acceptors (Lipinski definition) is 4. The molecule has 0 bridgehead atoms. The molecule has 3 atom stereocenters. The molecule has 0 spiro atoms. The van der Waals surface area contributed by atoms with Crippen molar-refractivity contribution in [2.75, 3.05) is 33.7 Å². The maximum Gasteiger partial charge on any atom is 0.219 e. The third-order valence-corrected chi connectivity index (χ3v) is 8.21. The van der Waals surface area contributed by atoms with Crippen molar-refractivity contribution >= 4 is 17.5 Å². The zero-order chi connectivity index (χ0) is 23.7. The molecule has 1 aromatic carbocycles. The van der Waals surface area contributed by atoms with Crippen LogP contribution in [0.4, 0.5) is 0 Å². The summed E-state index contributed by atoms with van der Waals surface area (Å²) in [6.07, 6.45) is 11.9. The van der Waals surface area contributed by atoms with Gasteiger partial charge in [-0.05, 0) is 69.3 Å². The van der Waals surface area contributed by atoms with Gasteiger partial charge in [-0.3, -0.25) is 9.69 Å². The lowest BCUT2D eigenvalue weighted by Gasteiger charge is -2.46. The topological polar surface area (TPSA) is 64.6 Å². The van der Waals surface area contributed by atoms with E-state index >= 15 is 0 Å². The van der Waals surface area contributed by atoms with Crippen molar-refractivity contribution in [2.24, 2.45) is 11.8 Å². The molecule has 3 rings (SSSR count). The van der Waals surface area contributed by atoms with E-state index in [0.29, 0.717) is 30.3 Å². The molecule has 2 aliphatic rings. The molecule has 186 valence electrons. The molecule has 1 unspecified atom stereocenters. The molecule has 5 nitrogen and oxygen atoms in total. The number of benzene rings is 1. The second-order valence-corrected chi connectivity index (χ2v) is 10.7. The number of amides is 1. The van der Waals surface area contributed by atoms with Crippen LogP contribution in [0.25, 0.3) is 0 Å². The van der Waals surface area contributed by atoms with Crippen LogP contribution in [0.1, 0.15) is 76.2 Å². The molecule has 1 heterocycles. The lowest BCUT2D eigenvalue weighted by atomic mass is 9.73. The predicted molar refractivity (Wildman–Crippen MR) is 136 cm³/mol. The van der Waals surface area contributed by atoms with Crippen LogP contribution in [-0.2, 0) is 10.4 Å². The maximum atomic E-state index is 12.1. The van der Waals surface area contributed by atoms with E-state index in [0.717, 1.165) is 44.0 Å². The van der Waals surface area contributed by atoms with Gasteiger partial charge in [-0.1, -0.05) is 55.8 Å². The maximum absolute atomic E-state index is 12.1. The highest BCUT2D eigenvalue weighted by Gasteiger charge is 2.41. The van der Waals surface area contributed by atoms with Crippen molar-refractivity contribution in [2.45, 2.75) is 82.3 Å². The fourth-order valence-electron chi connectivity index (χ4n) is 6.12. The Morgan fingerprint density at radius 2 is 2.00 bits per heavy atom. The molecule has 3 N–H and O–H groups in total. The van der Waals surface area contributed by atoms with Crippen LogP contribution in [-0.4, -0.2) is 55.7 Å². The number of rotatable bonds is 11. The Morgan fingerprint density at radius 1 is 1.21 bits per heavy atom. The number of likely N-dealkylation sites (N-methyl/N-ethyl adjacent to an activating group) is 1. The molecule has 1 amide bonds. The molecule has 1 saturated heterocycles. The molecular formula is C27H44ClN3O2. The number of piperidine rings is 1. The van der Waals surface area contributed by atoms with Gasteiger partial charge in [-0.15, -0.1) is 0 Å². The minimum absolute atomic E-state index is 0.0234. The lowest BCUT2D eigenvalue weighted by Crippen LogP contribution is -2.52. The molecule has 1 aromatic rings. The van der Waals surface area contributed by atoms with E-state index in [1.165, 1.54) is 38.5 Å². The average Bonchev–Trinajstić information content (AvgIpc) is 2.84. The van der Waals surface area contributed by atoms with Crippen LogP contribution in [0.3, 0.4) is 0 Å². The number of halogens is 1. The fraction of sp³-hybridized carbons (Fsp3) is 0.741. The van der Waals surface area contributed by atoms with Gasteiger partial charge in [0.05, 0.1) is 5.60 Å². The molecular weight excluding hydrogens is 434 g/mol. The minimum Gasteiger partial charge on any atom is -0.385 e. The Hall–Kier alpha value is -1.14. The van der Waals surface area contributed by atoms with Crippen molar-refractivity contribution in [3.05, 3.63) is 34.9 Å². The summed E-state index contributed by atoms with van der Waals surface area (Å²) < 4.78 is 0. The molecule has 6 heteroatoms. The highest BCUT2D eigenvalue weighted by Crippen LogP contribution is 2.41. The van der Waals surface area contributed by atoms with Gasteiger partial charge >= 0.3 is 0 Å². The normalized spacial score (nSPS) is 23.1. The Balaban J connectivity index is 1.76. The van der Waals surface area contributed by atoms with Crippen LogP contribution in [0, 0.1) is 11.8 Å². The third kappa shape index (κ3) is 7.42. The van der Waals surface area contributed by atoms with Crippen molar-refractivity contribution in [1.82, 2.24) is 15.5 Å². The van der Waals surface area contributed by atoms with Gasteiger partial charge in [0.1, 0.15) is 0 Å². The quantitative estimate of drug-likeness (QED) is 0.431. The van der Waals surface area contributed by atoms with E-state index in [1.54, 1.807) is 7.05 Å². The van der Waals surface area contributed by atoms with Gasteiger partial charge in [-0.2, -0.15) is 0 Å². The first-order chi connectivity index (χ1) is 16.0. The molecule has 0 aromatic heterocycles. The summed E-state index contributed by atoms with van der Waals surface area (Å²) in [7, 11) is 3.72. The molecule has 33 heavy (non-hydrogen) atoms. The fourth-order valence-corrected chi connectivity index (χ4v) is 6.31. The summed E-state index contributed by atoms with van der Waals surface area (Å²) in [4.78, 5) is 14.5. The predicted octanol–water partition coefficient (Wildman–Crippen LogP) is 4.71. The van der Waals surface area contributed by atoms with Crippen LogP contribution < -0.4 is 10.6 Å².